The monoisotopic (exact) mass is 284 g/mol. The molecule has 5 nitrogen and oxygen atoms in total. The molecule has 0 aromatic carbocycles. The number of rotatable bonds is 5. The lowest BCUT2D eigenvalue weighted by Gasteiger charge is -2.35. The van der Waals surface area contributed by atoms with Gasteiger partial charge in [-0.1, -0.05) is 0 Å². The second-order valence-electron chi connectivity index (χ2n) is 4.53. The average Bonchev–Trinajstić information content (AvgIpc) is 2.36. The number of halogens is 3. The fraction of sp³-hybridized carbons (Fsp3) is 0.909. The van der Waals surface area contributed by atoms with Gasteiger partial charge in [0.2, 0.25) is 0 Å². The molecule has 1 rings (SSSR count). The van der Waals surface area contributed by atoms with Gasteiger partial charge in [0.25, 0.3) is 0 Å². The summed E-state index contributed by atoms with van der Waals surface area (Å²) in [5.74, 6) is -0.296. The van der Waals surface area contributed by atoms with Gasteiger partial charge in [0.1, 0.15) is 0 Å². The van der Waals surface area contributed by atoms with E-state index >= 15 is 0 Å². The number of methoxy groups -OCH3 is 1. The molecule has 0 aliphatic carbocycles. The predicted molar refractivity (Wildman–Crippen MR) is 61.6 cm³/mol. The van der Waals surface area contributed by atoms with Crippen LogP contribution in [-0.2, 0) is 9.53 Å². The molecular formula is C11H19F3N2O3. The molecule has 19 heavy (non-hydrogen) atoms. The number of β-amino-alcohol motifs (C(OH)–C–C–N with tert-alkyl or cyclic N) is 1. The molecule has 0 radical (unpaired) electrons. The minimum absolute atomic E-state index is 0.279. The Kier molecular flexibility index (Phi) is 6.02. The van der Waals surface area contributed by atoms with Crippen molar-refractivity contribution >= 4 is 5.97 Å². The molecule has 0 bridgehead atoms. The van der Waals surface area contributed by atoms with Crippen LogP contribution in [0.5, 0.6) is 0 Å². The van der Waals surface area contributed by atoms with Crippen molar-refractivity contribution in [1.29, 1.82) is 0 Å². The van der Waals surface area contributed by atoms with Gasteiger partial charge in [-0.2, -0.15) is 13.2 Å². The first kappa shape index (κ1) is 16.2. The maximum atomic E-state index is 12.2. The van der Waals surface area contributed by atoms with Crippen molar-refractivity contribution in [2.75, 3.05) is 46.4 Å². The van der Waals surface area contributed by atoms with Crippen LogP contribution < -0.4 is 0 Å². The van der Waals surface area contributed by atoms with Gasteiger partial charge in [-0.15, -0.1) is 0 Å². The summed E-state index contributed by atoms with van der Waals surface area (Å²) < 4.78 is 41.1. The molecule has 8 heteroatoms. The van der Waals surface area contributed by atoms with E-state index in [1.807, 2.05) is 4.90 Å². The third-order valence-corrected chi connectivity index (χ3v) is 3.13. The van der Waals surface area contributed by atoms with E-state index < -0.39 is 18.8 Å². The Labute approximate surface area is 109 Å². The number of carbonyl (C=O) groups is 1. The van der Waals surface area contributed by atoms with Gasteiger partial charge < -0.3 is 14.7 Å². The Morgan fingerprint density at radius 3 is 2.26 bits per heavy atom. The fourth-order valence-electron chi connectivity index (χ4n) is 1.90. The lowest BCUT2D eigenvalue weighted by molar-refractivity contribution is -0.209. The SMILES string of the molecule is COC(=O)CCN1CCN(CC(O)C(F)(F)F)CC1. The van der Waals surface area contributed by atoms with E-state index in [2.05, 4.69) is 4.74 Å². The minimum Gasteiger partial charge on any atom is -0.469 e. The predicted octanol–water partition coefficient (Wildman–Crippen LogP) is 0.0903. The molecule has 1 fully saturated rings. The van der Waals surface area contributed by atoms with Crippen LogP contribution in [-0.4, -0.2) is 79.5 Å². The van der Waals surface area contributed by atoms with Crippen molar-refractivity contribution in [3.63, 3.8) is 0 Å². The highest BCUT2D eigenvalue weighted by Gasteiger charge is 2.39. The molecule has 0 aromatic heterocycles. The highest BCUT2D eigenvalue weighted by molar-refractivity contribution is 5.69. The smallest absolute Gasteiger partial charge is 0.415 e. The third kappa shape index (κ3) is 5.75. The Balaban J connectivity index is 2.24. The molecule has 1 unspecified atom stereocenters. The number of ether oxygens (including phenoxy) is 1. The first-order valence-electron chi connectivity index (χ1n) is 6.09. The van der Waals surface area contributed by atoms with Crippen LogP contribution in [0.1, 0.15) is 6.42 Å². The third-order valence-electron chi connectivity index (χ3n) is 3.13. The molecule has 1 atom stereocenters. The van der Waals surface area contributed by atoms with Crippen LogP contribution in [0.2, 0.25) is 0 Å². The van der Waals surface area contributed by atoms with Crippen molar-refractivity contribution in [2.24, 2.45) is 0 Å². The van der Waals surface area contributed by atoms with Crippen LogP contribution in [0.4, 0.5) is 13.2 Å². The van der Waals surface area contributed by atoms with Gasteiger partial charge in [0, 0.05) is 39.3 Å². The number of hydrogen-bond donors (Lipinski definition) is 1. The number of esters is 1. The highest BCUT2D eigenvalue weighted by atomic mass is 19.4. The average molecular weight is 284 g/mol. The standard InChI is InChI=1S/C11H19F3N2O3/c1-19-10(18)2-3-15-4-6-16(7-5-15)8-9(17)11(12,13)14/h9,17H,2-8H2,1H3. The molecule has 0 spiro atoms. The molecule has 1 heterocycles. The van der Waals surface area contributed by atoms with E-state index in [-0.39, 0.29) is 12.4 Å². The quantitative estimate of drug-likeness (QED) is 0.725. The summed E-state index contributed by atoms with van der Waals surface area (Å²) in [5, 5.41) is 8.97. The highest BCUT2D eigenvalue weighted by Crippen LogP contribution is 2.21. The van der Waals surface area contributed by atoms with E-state index in [9.17, 15) is 18.0 Å². The van der Waals surface area contributed by atoms with Gasteiger partial charge in [-0.25, -0.2) is 0 Å². The topological polar surface area (TPSA) is 53.0 Å². The normalized spacial score (nSPS) is 20.3. The van der Waals surface area contributed by atoms with Gasteiger partial charge in [-0.3, -0.25) is 9.69 Å². The molecule has 112 valence electrons. The van der Waals surface area contributed by atoms with E-state index in [1.54, 1.807) is 4.90 Å². The Morgan fingerprint density at radius 2 is 1.79 bits per heavy atom. The minimum atomic E-state index is -4.57. The largest absolute Gasteiger partial charge is 0.469 e. The Hall–Kier alpha value is -0.860. The van der Waals surface area contributed by atoms with Crippen LogP contribution in [0.15, 0.2) is 0 Å². The molecule has 1 aliphatic rings. The molecule has 0 amide bonds. The number of aliphatic hydroxyl groups excluding tert-OH is 1. The van der Waals surface area contributed by atoms with Gasteiger partial charge in [0.05, 0.1) is 13.5 Å². The van der Waals surface area contributed by atoms with Gasteiger partial charge in [0.15, 0.2) is 6.10 Å². The van der Waals surface area contributed by atoms with Crippen molar-refractivity contribution in [1.82, 2.24) is 9.80 Å². The zero-order valence-electron chi connectivity index (χ0n) is 10.8. The zero-order valence-corrected chi connectivity index (χ0v) is 10.8. The number of aliphatic hydroxyl groups is 1. The second kappa shape index (κ2) is 7.06. The van der Waals surface area contributed by atoms with E-state index in [1.165, 1.54) is 7.11 Å². The summed E-state index contributed by atoms with van der Waals surface area (Å²) >= 11 is 0. The first-order chi connectivity index (χ1) is 8.82. The van der Waals surface area contributed by atoms with Crippen molar-refractivity contribution in [3.05, 3.63) is 0 Å². The van der Waals surface area contributed by atoms with Crippen LogP contribution in [0, 0.1) is 0 Å². The maximum Gasteiger partial charge on any atom is 0.415 e. The zero-order chi connectivity index (χ0) is 14.5. The first-order valence-corrected chi connectivity index (χ1v) is 6.09. The van der Waals surface area contributed by atoms with Crippen molar-refractivity contribution in [3.8, 4) is 0 Å². The second-order valence-corrected chi connectivity index (χ2v) is 4.53. The van der Waals surface area contributed by atoms with Crippen molar-refractivity contribution < 1.29 is 27.8 Å². The summed E-state index contributed by atoms with van der Waals surface area (Å²) in [7, 11) is 1.32. The van der Waals surface area contributed by atoms with Crippen molar-refractivity contribution in [2.45, 2.75) is 18.7 Å². The molecule has 1 aliphatic heterocycles. The van der Waals surface area contributed by atoms with E-state index in [0.717, 1.165) is 0 Å². The molecular weight excluding hydrogens is 265 g/mol. The van der Waals surface area contributed by atoms with E-state index in [0.29, 0.717) is 32.7 Å². The van der Waals surface area contributed by atoms with Crippen LogP contribution in [0.3, 0.4) is 0 Å². The summed E-state index contributed by atoms with van der Waals surface area (Å²) in [6.45, 7) is 2.22. The summed E-state index contributed by atoms with van der Waals surface area (Å²) in [4.78, 5) is 14.5. The lowest BCUT2D eigenvalue weighted by Crippen LogP contribution is -2.50. The van der Waals surface area contributed by atoms with E-state index in [4.69, 9.17) is 5.11 Å². The Bertz CT molecular complexity index is 291. The maximum absolute atomic E-state index is 12.2. The number of alkyl halides is 3. The number of hydrogen-bond acceptors (Lipinski definition) is 5. The van der Waals surface area contributed by atoms with Crippen LogP contribution >= 0.6 is 0 Å². The number of piperazine rings is 1. The lowest BCUT2D eigenvalue weighted by atomic mass is 10.2. The van der Waals surface area contributed by atoms with Gasteiger partial charge >= 0.3 is 12.1 Å². The molecule has 1 saturated heterocycles. The van der Waals surface area contributed by atoms with Gasteiger partial charge in [-0.05, 0) is 0 Å². The summed E-state index contributed by atoms with van der Waals surface area (Å²) in [6, 6.07) is 0. The number of nitrogens with zero attached hydrogens (tertiary/aromatic N) is 2. The van der Waals surface area contributed by atoms with Crippen LogP contribution in [0.25, 0.3) is 0 Å². The molecule has 1 N–H and O–H groups in total. The summed E-state index contributed by atoms with van der Waals surface area (Å²) in [5.41, 5.74) is 0. The number of carbonyl (C=O) groups excluding carboxylic acids is 1. The Morgan fingerprint density at radius 1 is 1.26 bits per heavy atom. The molecule has 0 aromatic rings. The summed E-state index contributed by atoms with van der Waals surface area (Å²) in [6.07, 6.45) is -6.59. The molecule has 0 saturated carbocycles. The fourth-order valence-corrected chi connectivity index (χ4v) is 1.90.